The fraction of sp³-hybridized carbons (Fsp3) is 0.381. The summed E-state index contributed by atoms with van der Waals surface area (Å²) in [7, 11) is -3.47. The average molecular weight is 387 g/mol. The monoisotopic (exact) mass is 386 g/mol. The number of carbonyl (C=O) groups is 1. The van der Waals surface area contributed by atoms with Crippen molar-refractivity contribution in [3.05, 3.63) is 65.2 Å². The van der Waals surface area contributed by atoms with Gasteiger partial charge in [-0.25, -0.2) is 8.42 Å². The highest BCUT2D eigenvalue weighted by Crippen LogP contribution is 2.22. The van der Waals surface area contributed by atoms with Crippen molar-refractivity contribution in [2.45, 2.75) is 25.2 Å². The Kier molecular flexibility index (Phi) is 6.09. The van der Waals surface area contributed by atoms with Gasteiger partial charge < -0.3 is 4.90 Å². The Bertz CT molecular complexity index is 902. The van der Waals surface area contributed by atoms with Crippen LogP contribution in [0.5, 0.6) is 0 Å². The minimum absolute atomic E-state index is 0.126. The smallest absolute Gasteiger partial charge is 0.243 e. The third-order valence-corrected chi connectivity index (χ3v) is 7.08. The average Bonchev–Trinajstić information content (AvgIpc) is 2.69. The number of sulfonamides is 1. The second-order valence-electron chi connectivity index (χ2n) is 7.05. The Morgan fingerprint density at radius 1 is 0.963 bits per heavy atom. The van der Waals surface area contributed by atoms with Gasteiger partial charge in [-0.2, -0.15) is 4.31 Å². The van der Waals surface area contributed by atoms with E-state index in [1.807, 2.05) is 56.3 Å². The van der Waals surface area contributed by atoms with E-state index in [1.54, 1.807) is 10.4 Å². The molecule has 1 saturated heterocycles. The summed E-state index contributed by atoms with van der Waals surface area (Å²) in [4.78, 5) is 14.8. The van der Waals surface area contributed by atoms with E-state index in [2.05, 4.69) is 4.90 Å². The minimum atomic E-state index is -3.47. The summed E-state index contributed by atoms with van der Waals surface area (Å²) in [5.74, 6) is 0.126. The first-order chi connectivity index (χ1) is 12.9. The van der Waals surface area contributed by atoms with Crippen molar-refractivity contribution >= 4 is 15.8 Å². The van der Waals surface area contributed by atoms with Gasteiger partial charge in [-0.3, -0.25) is 4.79 Å². The van der Waals surface area contributed by atoms with Crippen LogP contribution in [-0.2, 0) is 10.0 Å². The number of hydrogen-bond acceptors (Lipinski definition) is 4. The number of ketones is 1. The first kappa shape index (κ1) is 19.7. The molecule has 0 radical (unpaired) electrons. The molecule has 0 spiro atoms. The number of hydrogen-bond donors (Lipinski definition) is 0. The van der Waals surface area contributed by atoms with Crippen LogP contribution in [0.25, 0.3) is 0 Å². The predicted octanol–water partition coefficient (Wildman–Crippen LogP) is 2.88. The first-order valence-electron chi connectivity index (χ1n) is 9.26. The molecule has 0 bridgehead atoms. The molecule has 0 aliphatic carbocycles. The number of benzene rings is 2. The van der Waals surface area contributed by atoms with Gasteiger partial charge in [0.2, 0.25) is 10.0 Å². The maximum absolute atomic E-state index is 13.0. The topological polar surface area (TPSA) is 57.7 Å². The summed E-state index contributed by atoms with van der Waals surface area (Å²) >= 11 is 0. The van der Waals surface area contributed by atoms with Crippen LogP contribution in [-0.4, -0.2) is 56.1 Å². The van der Waals surface area contributed by atoms with Gasteiger partial charge in [0.05, 0.1) is 4.90 Å². The Morgan fingerprint density at radius 2 is 1.63 bits per heavy atom. The molecule has 6 heteroatoms. The molecular weight excluding hydrogens is 360 g/mol. The van der Waals surface area contributed by atoms with Gasteiger partial charge in [0.25, 0.3) is 0 Å². The molecule has 1 heterocycles. The number of aryl methyl sites for hydroxylation is 2. The number of nitrogens with zero attached hydrogens (tertiary/aromatic N) is 2. The number of Topliss-reactive ketones (excluding diaryl/α,β-unsaturated/α-hetero) is 1. The van der Waals surface area contributed by atoms with E-state index < -0.39 is 10.0 Å². The Balaban J connectivity index is 1.57. The zero-order chi connectivity index (χ0) is 19.4. The minimum Gasteiger partial charge on any atom is -0.300 e. The van der Waals surface area contributed by atoms with Crippen LogP contribution in [0.3, 0.4) is 0 Å². The number of rotatable bonds is 6. The van der Waals surface area contributed by atoms with E-state index in [1.165, 1.54) is 0 Å². The molecule has 1 aliphatic heterocycles. The predicted molar refractivity (Wildman–Crippen MR) is 107 cm³/mol. The normalized spacial score (nSPS) is 16.4. The van der Waals surface area contributed by atoms with Crippen LogP contribution >= 0.6 is 0 Å². The molecule has 27 heavy (non-hydrogen) atoms. The van der Waals surface area contributed by atoms with E-state index in [-0.39, 0.29) is 5.78 Å². The molecule has 0 N–H and O–H groups in total. The van der Waals surface area contributed by atoms with Crippen LogP contribution in [0.4, 0.5) is 0 Å². The highest BCUT2D eigenvalue weighted by molar-refractivity contribution is 7.89. The van der Waals surface area contributed by atoms with E-state index in [0.717, 1.165) is 16.7 Å². The molecule has 1 aliphatic rings. The summed E-state index contributed by atoms with van der Waals surface area (Å²) in [5, 5.41) is 0. The first-order valence-corrected chi connectivity index (χ1v) is 10.7. The lowest BCUT2D eigenvalue weighted by molar-refractivity contribution is 0.0952. The lowest BCUT2D eigenvalue weighted by Crippen LogP contribution is -2.49. The largest absolute Gasteiger partial charge is 0.300 e. The Morgan fingerprint density at radius 3 is 2.30 bits per heavy atom. The number of piperazine rings is 1. The molecule has 0 unspecified atom stereocenters. The lowest BCUT2D eigenvalue weighted by atomic mass is 10.1. The van der Waals surface area contributed by atoms with Crippen molar-refractivity contribution in [1.82, 2.24) is 9.21 Å². The third-order valence-electron chi connectivity index (χ3n) is 5.04. The van der Waals surface area contributed by atoms with Gasteiger partial charge in [0, 0.05) is 44.7 Å². The van der Waals surface area contributed by atoms with Crippen molar-refractivity contribution in [3.8, 4) is 0 Å². The van der Waals surface area contributed by atoms with E-state index in [9.17, 15) is 13.2 Å². The van der Waals surface area contributed by atoms with Crippen LogP contribution in [0.1, 0.15) is 27.9 Å². The van der Waals surface area contributed by atoms with Gasteiger partial charge in [-0.1, -0.05) is 42.5 Å². The molecule has 2 aromatic carbocycles. The molecule has 0 aromatic heterocycles. The fourth-order valence-corrected chi connectivity index (χ4v) is 5.08. The molecule has 0 atom stereocenters. The second kappa shape index (κ2) is 8.33. The molecule has 144 valence electrons. The van der Waals surface area contributed by atoms with Crippen LogP contribution in [0, 0.1) is 13.8 Å². The maximum atomic E-state index is 13.0. The van der Waals surface area contributed by atoms with E-state index >= 15 is 0 Å². The summed E-state index contributed by atoms with van der Waals surface area (Å²) in [6.07, 6.45) is 0.452. The number of carbonyl (C=O) groups excluding carboxylic acids is 1. The Labute approximate surface area is 161 Å². The molecule has 1 fully saturated rings. The van der Waals surface area contributed by atoms with E-state index in [4.69, 9.17) is 0 Å². The van der Waals surface area contributed by atoms with Gasteiger partial charge in [0.15, 0.2) is 5.78 Å². The highest BCUT2D eigenvalue weighted by atomic mass is 32.2. The van der Waals surface area contributed by atoms with Gasteiger partial charge >= 0.3 is 0 Å². The summed E-state index contributed by atoms with van der Waals surface area (Å²) < 4.78 is 27.5. The van der Waals surface area contributed by atoms with Crippen LogP contribution < -0.4 is 0 Å². The van der Waals surface area contributed by atoms with Crippen molar-refractivity contribution in [1.29, 1.82) is 0 Å². The van der Waals surface area contributed by atoms with Gasteiger partial charge in [-0.15, -0.1) is 0 Å². The van der Waals surface area contributed by atoms with Gasteiger partial charge in [-0.05, 0) is 31.0 Å². The zero-order valence-corrected chi connectivity index (χ0v) is 16.7. The molecule has 3 rings (SSSR count). The molecule has 0 saturated carbocycles. The van der Waals surface area contributed by atoms with Crippen LogP contribution in [0.2, 0.25) is 0 Å². The lowest BCUT2D eigenvalue weighted by Gasteiger charge is -2.34. The summed E-state index contributed by atoms with van der Waals surface area (Å²) in [5.41, 5.74) is 2.45. The van der Waals surface area contributed by atoms with Crippen LogP contribution in [0.15, 0.2) is 53.4 Å². The standard InChI is InChI=1S/C21H26N2O3S/c1-17-8-9-18(2)21(16-17)27(25,26)23-14-12-22(13-15-23)11-10-20(24)19-6-4-3-5-7-19/h3-9,16H,10-15H2,1-2H3. The van der Waals surface area contributed by atoms with Crippen molar-refractivity contribution in [2.24, 2.45) is 0 Å². The van der Waals surface area contributed by atoms with Crippen molar-refractivity contribution in [2.75, 3.05) is 32.7 Å². The molecule has 5 nitrogen and oxygen atoms in total. The zero-order valence-electron chi connectivity index (χ0n) is 15.9. The quantitative estimate of drug-likeness (QED) is 0.717. The Hall–Kier alpha value is -2.02. The molecular formula is C21H26N2O3S. The van der Waals surface area contributed by atoms with E-state index in [0.29, 0.717) is 44.0 Å². The third kappa shape index (κ3) is 4.64. The van der Waals surface area contributed by atoms with Crippen molar-refractivity contribution in [3.63, 3.8) is 0 Å². The summed E-state index contributed by atoms with van der Waals surface area (Å²) in [6.45, 7) is 6.59. The molecule has 0 amide bonds. The molecule has 2 aromatic rings. The fourth-order valence-electron chi connectivity index (χ4n) is 3.35. The van der Waals surface area contributed by atoms with Gasteiger partial charge in [0.1, 0.15) is 0 Å². The summed E-state index contributed by atoms with van der Waals surface area (Å²) in [6, 6.07) is 14.8. The highest BCUT2D eigenvalue weighted by Gasteiger charge is 2.29. The maximum Gasteiger partial charge on any atom is 0.243 e. The second-order valence-corrected chi connectivity index (χ2v) is 8.96. The van der Waals surface area contributed by atoms with Crippen molar-refractivity contribution < 1.29 is 13.2 Å². The SMILES string of the molecule is Cc1ccc(C)c(S(=O)(=O)N2CCN(CCC(=O)c3ccccc3)CC2)c1.